The first-order valence-electron chi connectivity index (χ1n) is 5.76. The minimum Gasteiger partial charge on any atom is -0.337 e. The third-order valence-electron chi connectivity index (χ3n) is 2.63. The van der Waals surface area contributed by atoms with E-state index in [9.17, 15) is 4.39 Å². The zero-order valence-corrected chi connectivity index (χ0v) is 12.0. The van der Waals surface area contributed by atoms with Crippen molar-refractivity contribution in [1.29, 1.82) is 0 Å². The van der Waals surface area contributed by atoms with Crippen molar-refractivity contribution in [2.75, 3.05) is 5.32 Å². The van der Waals surface area contributed by atoms with Gasteiger partial charge in [0.1, 0.15) is 22.6 Å². The minimum absolute atomic E-state index is 0.296. The standard InChI is InChI=1S/C13H12Cl2FN3/c1-3-11-18-12(15)7(2)13(19-11)17-10-5-4-8(14)6-9(10)16/h4-6H,3H2,1-2H3,(H,17,18,19). The smallest absolute Gasteiger partial charge is 0.148 e. The lowest BCUT2D eigenvalue weighted by atomic mass is 10.2. The average molecular weight is 300 g/mol. The Morgan fingerprint density at radius 1 is 1.26 bits per heavy atom. The van der Waals surface area contributed by atoms with Crippen LogP contribution in [0.1, 0.15) is 18.3 Å². The third kappa shape index (κ3) is 3.14. The Hall–Kier alpha value is -1.39. The molecule has 0 fully saturated rings. The zero-order valence-electron chi connectivity index (χ0n) is 10.5. The number of hydrogen-bond donors (Lipinski definition) is 1. The van der Waals surface area contributed by atoms with Crippen molar-refractivity contribution < 1.29 is 4.39 Å². The highest BCUT2D eigenvalue weighted by atomic mass is 35.5. The van der Waals surface area contributed by atoms with Crippen LogP contribution in [0, 0.1) is 12.7 Å². The minimum atomic E-state index is -0.445. The molecule has 0 amide bonds. The molecule has 0 aliphatic rings. The van der Waals surface area contributed by atoms with Crippen LogP contribution in [0.15, 0.2) is 18.2 Å². The Morgan fingerprint density at radius 3 is 2.63 bits per heavy atom. The predicted octanol–water partition coefficient (Wildman–Crippen LogP) is 4.54. The third-order valence-corrected chi connectivity index (χ3v) is 3.24. The summed E-state index contributed by atoms with van der Waals surface area (Å²) in [5, 5.41) is 3.62. The van der Waals surface area contributed by atoms with Crippen LogP contribution in [0.3, 0.4) is 0 Å². The van der Waals surface area contributed by atoms with Crippen LogP contribution < -0.4 is 5.32 Å². The molecule has 0 spiro atoms. The van der Waals surface area contributed by atoms with Crippen molar-refractivity contribution in [2.45, 2.75) is 20.3 Å². The van der Waals surface area contributed by atoms with E-state index < -0.39 is 5.82 Å². The van der Waals surface area contributed by atoms with Crippen molar-refractivity contribution in [1.82, 2.24) is 9.97 Å². The van der Waals surface area contributed by atoms with Gasteiger partial charge in [-0.3, -0.25) is 0 Å². The van der Waals surface area contributed by atoms with E-state index >= 15 is 0 Å². The SMILES string of the molecule is CCc1nc(Cl)c(C)c(Nc2ccc(Cl)cc2F)n1. The fourth-order valence-corrected chi connectivity index (χ4v) is 1.88. The summed E-state index contributed by atoms with van der Waals surface area (Å²) < 4.78 is 13.7. The number of nitrogens with one attached hydrogen (secondary N) is 1. The van der Waals surface area contributed by atoms with E-state index in [0.29, 0.717) is 39.5 Å². The fraction of sp³-hybridized carbons (Fsp3) is 0.231. The van der Waals surface area contributed by atoms with Gasteiger partial charge in [0.25, 0.3) is 0 Å². The molecule has 0 radical (unpaired) electrons. The maximum absolute atomic E-state index is 13.7. The molecule has 0 saturated carbocycles. The normalized spacial score (nSPS) is 10.6. The van der Waals surface area contributed by atoms with Crippen LogP contribution in [0.5, 0.6) is 0 Å². The molecule has 100 valence electrons. The number of benzene rings is 1. The molecule has 0 unspecified atom stereocenters. The van der Waals surface area contributed by atoms with Crippen molar-refractivity contribution in [3.8, 4) is 0 Å². The Kier molecular flexibility index (Phi) is 4.22. The second-order valence-corrected chi connectivity index (χ2v) is 4.80. The number of hydrogen-bond acceptors (Lipinski definition) is 3. The van der Waals surface area contributed by atoms with Gasteiger partial charge in [0.15, 0.2) is 0 Å². The summed E-state index contributed by atoms with van der Waals surface area (Å²) >= 11 is 11.7. The molecule has 0 aliphatic carbocycles. The molecular formula is C13H12Cl2FN3. The molecule has 0 atom stereocenters. The number of aromatic nitrogens is 2. The Balaban J connectivity index is 2.40. The molecule has 1 aromatic carbocycles. The van der Waals surface area contributed by atoms with E-state index in [2.05, 4.69) is 15.3 Å². The number of nitrogens with zero attached hydrogens (tertiary/aromatic N) is 2. The number of aryl methyl sites for hydroxylation is 1. The summed E-state index contributed by atoms with van der Waals surface area (Å²) in [6, 6.07) is 4.40. The lowest BCUT2D eigenvalue weighted by molar-refractivity contribution is 0.632. The van der Waals surface area contributed by atoms with Gasteiger partial charge >= 0.3 is 0 Å². The van der Waals surface area contributed by atoms with E-state index in [1.807, 2.05) is 6.92 Å². The fourth-order valence-electron chi connectivity index (χ4n) is 1.53. The molecular weight excluding hydrogens is 288 g/mol. The molecule has 1 aromatic heterocycles. The van der Waals surface area contributed by atoms with Gasteiger partial charge in [0.05, 0.1) is 5.69 Å². The molecule has 0 saturated heterocycles. The summed E-state index contributed by atoms with van der Waals surface area (Å²) in [4.78, 5) is 8.43. The second kappa shape index (κ2) is 5.72. The van der Waals surface area contributed by atoms with Gasteiger partial charge in [-0.2, -0.15) is 0 Å². The van der Waals surface area contributed by atoms with Crippen LogP contribution in [0.4, 0.5) is 15.9 Å². The molecule has 2 aromatic rings. The lowest BCUT2D eigenvalue weighted by Gasteiger charge is -2.11. The molecule has 1 heterocycles. The molecule has 19 heavy (non-hydrogen) atoms. The molecule has 0 aliphatic heterocycles. The quantitative estimate of drug-likeness (QED) is 0.846. The summed E-state index contributed by atoms with van der Waals surface area (Å²) in [7, 11) is 0. The highest BCUT2D eigenvalue weighted by Gasteiger charge is 2.11. The monoisotopic (exact) mass is 299 g/mol. The molecule has 0 bridgehead atoms. The molecule has 2 rings (SSSR count). The van der Waals surface area contributed by atoms with Gasteiger partial charge in [-0.05, 0) is 25.1 Å². The van der Waals surface area contributed by atoms with Gasteiger partial charge in [-0.25, -0.2) is 14.4 Å². The molecule has 1 N–H and O–H groups in total. The highest BCUT2D eigenvalue weighted by molar-refractivity contribution is 6.31. The van der Waals surface area contributed by atoms with E-state index in [4.69, 9.17) is 23.2 Å². The van der Waals surface area contributed by atoms with E-state index in [1.54, 1.807) is 19.1 Å². The van der Waals surface area contributed by atoms with Crippen LogP contribution in [-0.4, -0.2) is 9.97 Å². The van der Waals surface area contributed by atoms with Gasteiger partial charge in [0, 0.05) is 17.0 Å². The number of anilines is 2. The molecule has 6 heteroatoms. The number of rotatable bonds is 3. The van der Waals surface area contributed by atoms with Crippen molar-refractivity contribution >= 4 is 34.7 Å². The van der Waals surface area contributed by atoms with Gasteiger partial charge < -0.3 is 5.32 Å². The Bertz CT molecular complexity index is 617. The summed E-state index contributed by atoms with van der Waals surface area (Å²) in [5.41, 5.74) is 0.970. The lowest BCUT2D eigenvalue weighted by Crippen LogP contribution is -2.04. The first kappa shape index (κ1) is 14.0. The van der Waals surface area contributed by atoms with Crippen LogP contribution >= 0.6 is 23.2 Å². The summed E-state index contributed by atoms with van der Waals surface area (Å²) in [6.45, 7) is 3.70. The van der Waals surface area contributed by atoms with E-state index in [1.165, 1.54) is 6.07 Å². The predicted molar refractivity (Wildman–Crippen MR) is 75.8 cm³/mol. The van der Waals surface area contributed by atoms with E-state index in [0.717, 1.165) is 0 Å². The Labute approximate surface area is 120 Å². The maximum Gasteiger partial charge on any atom is 0.148 e. The molecule has 3 nitrogen and oxygen atoms in total. The average Bonchev–Trinajstić information content (AvgIpc) is 2.37. The van der Waals surface area contributed by atoms with Crippen LogP contribution in [0.2, 0.25) is 10.2 Å². The van der Waals surface area contributed by atoms with Gasteiger partial charge in [-0.1, -0.05) is 30.1 Å². The second-order valence-electron chi connectivity index (χ2n) is 4.01. The summed E-state index contributed by atoms with van der Waals surface area (Å²) in [6.07, 6.45) is 0.651. The van der Waals surface area contributed by atoms with Crippen LogP contribution in [-0.2, 0) is 6.42 Å². The van der Waals surface area contributed by atoms with Gasteiger partial charge in [-0.15, -0.1) is 0 Å². The zero-order chi connectivity index (χ0) is 14.0. The van der Waals surface area contributed by atoms with Crippen molar-refractivity contribution in [2.24, 2.45) is 0 Å². The maximum atomic E-state index is 13.7. The van der Waals surface area contributed by atoms with Crippen molar-refractivity contribution in [3.05, 3.63) is 45.6 Å². The first-order chi connectivity index (χ1) is 9.01. The van der Waals surface area contributed by atoms with E-state index in [-0.39, 0.29) is 0 Å². The Morgan fingerprint density at radius 2 is 2.00 bits per heavy atom. The first-order valence-corrected chi connectivity index (χ1v) is 6.52. The largest absolute Gasteiger partial charge is 0.337 e. The topological polar surface area (TPSA) is 37.8 Å². The highest BCUT2D eigenvalue weighted by Crippen LogP contribution is 2.26. The van der Waals surface area contributed by atoms with Crippen molar-refractivity contribution in [3.63, 3.8) is 0 Å². The summed E-state index contributed by atoms with van der Waals surface area (Å²) in [5.74, 6) is 0.658. The van der Waals surface area contributed by atoms with Gasteiger partial charge in [0.2, 0.25) is 0 Å². The number of halogens is 3. The van der Waals surface area contributed by atoms with Crippen LogP contribution in [0.25, 0.3) is 0 Å².